The molecule has 3 nitrogen and oxygen atoms in total. The molecule has 0 atom stereocenters. The molecule has 1 aliphatic heterocycles. The maximum absolute atomic E-state index is 11.8. The lowest BCUT2D eigenvalue weighted by atomic mass is 9.99. The quantitative estimate of drug-likeness (QED) is 0.379. The van der Waals surface area contributed by atoms with E-state index in [0.717, 1.165) is 18.4 Å². The van der Waals surface area contributed by atoms with E-state index < -0.39 is 0 Å². The highest BCUT2D eigenvalue weighted by Gasteiger charge is 2.22. The second-order valence-corrected chi connectivity index (χ2v) is 4.94. The predicted molar refractivity (Wildman–Crippen MR) is 74.3 cm³/mol. The Morgan fingerprint density at radius 2 is 2.16 bits per heavy atom. The zero-order chi connectivity index (χ0) is 13.7. The summed E-state index contributed by atoms with van der Waals surface area (Å²) >= 11 is 0. The van der Waals surface area contributed by atoms with Crippen LogP contribution in [0.15, 0.2) is 29.8 Å². The van der Waals surface area contributed by atoms with Crippen molar-refractivity contribution in [3.8, 4) is 11.5 Å². The zero-order valence-electron chi connectivity index (χ0n) is 11.3. The van der Waals surface area contributed by atoms with Crippen molar-refractivity contribution >= 4 is 5.97 Å². The normalized spacial score (nSPS) is 16.3. The van der Waals surface area contributed by atoms with Gasteiger partial charge in [0.1, 0.15) is 11.5 Å². The van der Waals surface area contributed by atoms with Gasteiger partial charge in [-0.15, -0.1) is 0 Å². The molecular weight excluding hydrogens is 240 g/mol. The number of hydrogen-bond donors (Lipinski definition) is 1. The lowest BCUT2D eigenvalue weighted by Crippen LogP contribution is -2.19. The van der Waals surface area contributed by atoms with Gasteiger partial charge in [-0.05, 0) is 31.0 Å². The topological polar surface area (TPSA) is 46.5 Å². The third-order valence-corrected chi connectivity index (χ3v) is 3.34. The number of hydrogen-bond acceptors (Lipinski definition) is 3. The molecule has 1 aromatic rings. The molecule has 1 aromatic carbocycles. The molecule has 0 aromatic heterocycles. The van der Waals surface area contributed by atoms with Gasteiger partial charge < -0.3 is 9.84 Å². The van der Waals surface area contributed by atoms with Crippen molar-refractivity contribution in [2.75, 3.05) is 0 Å². The molecule has 102 valence electrons. The van der Waals surface area contributed by atoms with E-state index in [9.17, 15) is 9.90 Å². The van der Waals surface area contributed by atoms with Crippen LogP contribution in [0.3, 0.4) is 0 Å². The Morgan fingerprint density at radius 3 is 2.95 bits per heavy atom. The molecule has 0 saturated heterocycles. The Balaban J connectivity index is 2.00. The molecule has 0 bridgehead atoms. The first-order valence-electron chi connectivity index (χ1n) is 6.94. The Labute approximate surface area is 113 Å². The van der Waals surface area contributed by atoms with Gasteiger partial charge in [0.05, 0.1) is 0 Å². The maximum Gasteiger partial charge on any atom is 0.339 e. The second kappa shape index (κ2) is 6.41. The smallest absolute Gasteiger partial charge is 0.339 e. The molecule has 0 amide bonds. The fourth-order valence-electron chi connectivity index (χ4n) is 2.25. The monoisotopic (exact) mass is 260 g/mol. The van der Waals surface area contributed by atoms with Crippen LogP contribution in [0.2, 0.25) is 0 Å². The number of phenols is 1. The molecule has 3 heteroatoms. The summed E-state index contributed by atoms with van der Waals surface area (Å²) in [4.78, 5) is 11.8. The van der Waals surface area contributed by atoms with Crippen LogP contribution >= 0.6 is 0 Å². The zero-order valence-corrected chi connectivity index (χ0v) is 11.3. The van der Waals surface area contributed by atoms with Crippen LogP contribution in [0, 0.1) is 0 Å². The number of esters is 1. The highest BCUT2D eigenvalue weighted by Crippen LogP contribution is 2.30. The largest absolute Gasteiger partial charge is 0.508 e. The third kappa shape index (κ3) is 3.60. The van der Waals surface area contributed by atoms with Crippen molar-refractivity contribution < 1.29 is 14.6 Å². The van der Waals surface area contributed by atoms with Crippen molar-refractivity contribution in [2.24, 2.45) is 0 Å². The van der Waals surface area contributed by atoms with E-state index >= 15 is 0 Å². The molecule has 0 radical (unpaired) electrons. The van der Waals surface area contributed by atoms with Gasteiger partial charge in [0.25, 0.3) is 0 Å². The standard InChI is InChI=1S/C16H20O3/c1-2-3-4-5-6-7-12-10-13-11-14(17)8-9-15(13)19-16(12)18/h7-9,11,17H,2-6,10H2,1H3/b12-7+. The second-order valence-electron chi connectivity index (χ2n) is 4.94. The summed E-state index contributed by atoms with van der Waals surface area (Å²) < 4.78 is 5.26. The molecule has 1 heterocycles. The molecular formula is C16H20O3. The van der Waals surface area contributed by atoms with Gasteiger partial charge in [-0.25, -0.2) is 4.79 Å². The van der Waals surface area contributed by atoms with Crippen molar-refractivity contribution in [3.63, 3.8) is 0 Å². The lowest BCUT2D eigenvalue weighted by molar-refractivity contribution is -0.130. The summed E-state index contributed by atoms with van der Waals surface area (Å²) in [6.45, 7) is 2.18. The molecule has 0 saturated carbocycles. The number of phenolic OH excluding ortho intramolecular Hbond substituents is 1. The van der Waals surface area contributed by atoms with Gasteiger partial charge in [0.2, 0.25) is 0 Å². The predicted octanol–water partition coefficient (Wildman–Crippen LogP) is 3.75. The fraction of sp³-hybridized carbons (Fsp3) is 0.438. The average Bonchev–Trinajstić information content (AvgIpc) is 2.39. The molecule has 0 unspecified atom stereocenters. The molecule has 0 aliphatic carbocycles. The molecule has 1 aliphatic rings. The number of ether oxygens (including phenoxy) is 1. The molecule has 0 fully saturated rings. The first-order chi connectivity index (χ1) is 9.20. The number of rotatable bonds is 5. The maximum atomic E-state index is 11.8. The summed E-state index contributed by atoms with van der Waals surface area (Å²) in [5, 5.41) is 9.45. The van der Waals surface area contributed by atoms with Gasteiger partial charge in [0.15, 0.2) is 0 Å². The van der Waals surface area contributed by atoms with Crippen molar-refractivity contribution in [1.82, 2.24) is 0 Å². The van der Waals surface area contributed by atoms with Crippen LogP contribution in [0.25, 0.3) is 0 Å². The van der Waals surface area contributed by atoms with Crippen molar-refractivity contribution in [2.45, 2.75) is 45.4 Å². The lowest BCUT2D eigenvalue weighted by Gasteiger charge is -2.18. The number of fused-ring (bicyclic) bond motifs is 1. The van der Waals surface area contributed by atoms with Gasteiger partial charge in [-0.3, -0.25) is 0 Å². The SMILES string of the molecule is CCCCCC/C=C1\Cc2cc(O)ccc2OC1=O. The van der Waals surface area contributed by atoms with Crippen LogP contribution in [0.5, 0.6) is 11.5 Å². The van der Waals surface area contributed by atoms with Gasteiger partial charge in [-0.2, -0.15) is 0 Å². The Bertz CT molecular complexity index is 489. The Morgan fingerprint density at radius 1 is 1.32 bits per heavy atom. The number of carbonyl (C=O) groups is 1. The minimum absolute atomic E-state index is 0.207. The minimum Gasteiger partial charge on any atom is -0.508 e. The summed E-state index contributed by atoms with van der Waals surface area (Å²) in [6, 6.07) is 4.83. The van der Waals surface area contributed by atoms with Crippen LogP contribution in [0.1, 0.15) is 44.6 Å². The summed E-state index contributed by atoms with van der Waals surface area (Å²) in [7, 11) is 0. The highest BCUT2D eigenvalue weighted by molar-refractivity contribution is 5.92. The first-order valence-corrected chi connectivity index (χ1v) is 6.94. The van der Waals surface area contributed by atoms with E-state index in [1.54, 1.807) is 12.1 Å². The van der Waals surface area contributed by atoms with Gasteiger partial charge in [-0.1, -0.05) is 32.3 Å². The van der Waals surface area contributed by atoms with E-state index in [0.29, 0.717) is 17.7 Å². The fourth-order valence-corrected chi connectivity index (χ4v) is 2.25. The van der Waals surface area contributed by atoms with E-state index in [1.165, 1.54) is 25.3 Å². The highest BCUT2D eigenvalue weighted by atomic mass is 16.5. The van der Waals surface area contributed by atoms with Gasteiger partial charge in [0, 0.05) is 17.6 Å². The van der Waals surface area contributed by atoms with Crippen LogP contribution < -0.4 is 4.74 Å². The number of carbonyl (C=O) groups excluding carboxylic acids is 1. The molecule has 19 heavy (non-hydrogen) atoms. The van der Waals surface area contributed by atoms with Crippen molar-refractivity contribution in [1.29, 1.82) is 0 Å². The third-order valence-electron chi connectivity index (χ3n) is 3.34. The van der Waals surface area contributed by atoms with E-state index in [1.807, 2.05) is 6.08 Å². The van der Waals surface area contributed by atoms with Gasteiger partial charge >= 0.3 is 5.97 Å². The Kier molecular flexibility index (Phi) is 4.61. The molecule has 0 spiro atoms. The van der Waals surface area contributed by atoms with E-state index in [4.69, 9.17) is 4.74 Å². The number of aromatic hydroxyl groups is 1. The summed E-state index contributed by atoms with van der Waals surface area (Å²) in [5.41, 5.74) is 1.58. The number of benzene rings is 1. The molecule has 1 N–H and O–H groups in total. The van der Waals surface area contributed by atoms with Crippen LogP contribution in [-0.4, -0.2) is 11.1 Å². The first kappa shape index (κ1) is 13.7. The Hall–Kier alpha value is -1.77. The van der Waals surface area contributed by atoms with E-state index in [-0.39, 0.29) is 11.7 Å². The van der Waals surface area contributed by atoms with Crippen LogP contribution in [-0.2, 0) is 11.2 Å². The van der Waals surface area contributed by atoms with Crippen molar-refractivity contribution in [3.05, 3.63) is 35.4 Å². The number of unbranched alkanes of at least 4 members (excludes halogenated alkanes) is 4. The van der Waals surface area contributed by atoms with Crippen LogP contribution in [0.4, 0.5) is 0 Å². The summed E-state index contributed by atoms with van der Waals surface area (Å²) in [6.07, 6.45) is 8.21. The van der Waals surface area contributed by atoms with E-state index in [2.05, 4.69) is 6.92 Å². The molecule has 2 rings (SSSR count). The minimum atomic E-state index is -0.256. The average molecular weight is 260 g/mol. The summed E-state index contributed by atoms with van der Waals surface area (Å²) in [5.74, 6) is 0.513. The number of allylic oxidation sites excluding steroid dienone is 1.